The molecule has 1 N–H and O–H groups in total. The van der Waals surface area contributed by atoms with Crippen LogP contribution < -0.4 is 5.32 Å². The molecule has 4 nitrogen and oxygen atoms in total. The van der Waals surface area contributed by atoms with Crippen LogP contribution in [0.3, 0.4) is 0 Å². The van der Waals surface area contributed by atoms with Crippen LogP contribution in [0.5, 0.6) is 0 Å². The number of aromatic nitrogens is 1. The molecule has 0 aromatic carbocycles. The largest absolute Gasteiger partial charge is 0.446 e. The molecular weight excluding hydrogens is 328 g/mol. The van der Waals surface area contributed by atoms with Gasteiger partial charge in [0.25, 0.3) is 0 Å². The van der Waals surface area contributed by atoms with Gasteiger partial charge in [0.05, 0.1) is 0 Å². The lowest BCUT2D eigenvalue weighted by molar-refractivity contribution is 0.0304. The molecule has 0 aliphatic heterocycles. The van der Waals surface area contributed by atoms with Crippen molar-refractivity contribution in [1.29, 1.82) is 0 Å². The summed E-state index contributed by atoms with van der Waals surface area (Å²) in [5, 5.41) is 3.82. The standard InChI is InChI=1S/C17H28N2O2S2/c1-5-13(3)16(14(4)6-2)21-17(20)19-11-12-22-23-15-9-7-8-10-18-15/h7-10,13-14,16H,5-6,11-12H2,1-4H3,(H,19,20)/t13-,14?,16-/m0/s1. The Bertz CT molecular complexity index is 435. The van der Waals surface area contributed by atoms with Crippen LogP contribution in [-0.4, -0.2) is 29.5 Å². The van der Waals surface area contributed by atoms with Gasteiger partial charge in [-0.15, -0.1) is 0 Å². The smallest absolute Gasteiger partial charge is 0.407 e. The monoisotopic (exact) mass is 356 g/mol. The molecule has 0 saturated carbocycles. The maximum atomic E-state index is 12.0. The Morgan fingerprint density at radius 2 is 1.96 bits per heavy atom. The van der Waals surface area contributed by atoms with E-state index in [2.05, 4.69) is 38.0 Å². The van der Waals surface area contributed by atoms with Gasteiger partial charge >= 0.3 is 6.09 Å². The first-order valence-corrected chi connectivity index (χ1v) is 10.5. The summed E-state index contributed by atoms with van der Waals surface area (Å²) in [5.74, 6) is 1.57. The third-order valence-electron chi connectivity index (χ3n) is 3.89. The lowest BCUT2D eigenvalue weighted by atomic mass is 9.90. The first-order valence-electron chi connectivity index (χ1n) is 8.23. The molecule has 1 heterocycles. The fraction of sp³-hybridized carbons (Fsp3) is 0.647. The van der Waals surface area contributed by atoms with Crippen molar-refractivity contribution in [3.8, 4) is 0 Å². The van der Waals surface area contributed by atoms with Crippen LogP contribution in [0.25, 0.3) is 0 Å². The van der Waals surface area contributed by atoms with Gasteiger partial charge < -0.3 is 10.1 Å². The minimum Gasteiger partial charge on any atom is -0.446 e. The number of alkyl carbamates (subject to hydrolysis) is 1. The number of carbonyl (C=O) groups is 1. The molecule has 0 radical (unpaired) electrons. The van der Waals surface area contributed by atoms with E-state index in [1.807, 2.05) is 18.2 Å². The van der Waals surface area contributed by atoms with Crippen molar-refractivity contribution in [1.82, 2.24) is 10.3 Å². The molecule has 1 aromatic rings. The number of pyridine rings is 1. The van der Waals surface area contributed by atoms with Gasteiger partial charge in [0.15, 0.2) is 0 Å². The highest BCUT2D eigenvalue weighted by Gasteiger charge is 2.25. The van der Waals surface area contributed by atoms with Crippen LogP contribution in [-0.2, 0) is 4.74 Å². The molecule has 3 atom stereocenters. The second kappa shape index (κ2) is 11.6. The number of amides is 1. The van der Waals surface area contributed by atoms with E-state index >= 15 is 0 Å². The number of hydrogen-bond donors (Lipinski definition) is 1. The predicted octanol–water partition coefficient (Wildman–Crippen LogP) is 5.01. The van der Waals surface area contributed by atoms with E-state index in [9.17, 15) is 4.79 Å². The van der Waals surface area contributed by atoms with Crippen LogP contribution in [0.1, 0.15) is 40.5 Å². The summed E-state index contributed by atoms with van der Waals surface area (Å²) < 4.78 is 5.64. The Hall–Kier alpha value is -0.880. The lowest BCUT2D eigenvalue weighted by Crippen LogP contribution is -2.36. The highest BCUT2D eigenvalue weighted by molar-refractivity contribution is 8.76. The Kier molecular flexibility index (Phi) is 10.2. The first kappa shape index (κ1) is 20.2. The molecule has 1 amide bonds. The van der Waals surface area contributed by atoms with E-state index in [0.717, 1.165) is 23.6 Å². The third-order valence-corrected chi connectivity index (χ3v) is 6.16. The van der Waals surface area contributed by atoms with Gasteiger partial charge in [-0.25, -0.2) is 9.78 Å². The van der Waals surface area contributed by atoms with Crippen molar-refractivity contribution in [3.63, 3.8) is 0 Å². The molecule has 130 valence electrons. The number of carbonyl (C=O) groups excluding carboxylic acids is 1. The summed E-state index contributed by atoms with van der Waals surface area (Å²) in [6.45, 7) is 9.14. The summed E-state index contributed by atoms with van der Waals surface area (Å²) in [5.41, 5.74) is 0. The Labute approximate surface area is 148 Å². The summed E-state index contributed by atoms with van der Waals surface area (Å²) in [7, 11) is 3.29. The molecular formula is C17H28N2O2S2. The van der Waals surface area contributed by atoms with Crippen molar-refractivity contribution >= 4 is 27.7 Å². The second-order valence-corrected chi connectivity index (χ2v) is 8.08. The van der Waals surface area contributed by atoms with Crippen molar-refractivity contribution in [2.75, 3.05) is 12.3 Å². The third kappa shape index (κ3) is 7.97. The second-order valence-electron chi connectivity index (χ2n) is 5.64. The van der Waals surface area contributed by atoms with E-state index in [1.165, 1.54) is 0 Å². The Morgan fingerprint density at radius 3 is 2.52 bits per heavy atom. The fourth-order valence-corrected chi connectivity index (χ4v) is 3.90. The van der Waals surface area contributed by atoms with E-state index in [0.29, 0.717) is 18.4 Å². The summed E-state index contributed by atoms with van der Waals surface area (Å²) in [4.78, 5) is 16.2. The molecule has 0 aliphatic carbocycles. The molecule has 6 heteroatoms. The number of nitrogens with zero attached hydrogens (tertiary/aromatic N) is 1. The van der Waals surface area contributed by atoms with Gasteiger partial charge in [0.2, 0.25) is 0 Å². The number of hydrogen-bond acceptors (Lipinski definition) is 5. The lowest BCUT2D eigenvalue weighted by Gasteiger charge is -2.28. The summed E-state index contributed by atoms with van der Waals surface area (Å²) >= 11 is 0. The predicted molar refractivity (Wildman–Crippen MR) is 99.7 cm³/mol. The molecule has 0 bridgehead atoms. The quantitative estimate of drug-likeness (QED) is 0.472. The Morgan fingerprint density at radius 1 is 1.26 bits per heavy atom. The maximum Gasteiger partial charge on any atom is 0.407 e. The van der Waals surface area contributed by atoms with Crippen molar-refractivity contribution < 1.29 is 9.53 Å². The molecule has 1 rings (SSSR count). The van der Waals surface area contributed by atoms with Gasteiger partial charge in [0.1, 0.15) is 11.1 Å². The van der Waals surface area contributed by atoms with Crippen LogP contribution in [0.4, 0.5) is 4.79 Å². The van der Waals surface area contributed by atoms with Crippen LogP contribution in [0.2, 0.25) is 0 Å². The highest BCUT2D eigenvalue weighted by Crippen LogP contribution is 2.28. The minimum absolute atomic E-state index is 0.0134. The van der Waals surface area contributed by atoms with Gasteiger partial charge in [-0.2, -0.15) is 0 Å². The van der Waals surface area contributed by atoms with Gasteiger partial charge in [-0.05, 0) is 34.8 Å². The molecule has 0 saturated heterocycles. The minimum atomic E-state index is -0.306. The molecule has 0 spiro atoms. The van der Waals surface area contributed by atoms with E-state index < -0.39 is 0 Å². The van der Waals surface area contributed by atoms with Crippen LogP contribution >= 0.6 is 21.6 Å². The highest BCUT2D eigenvalue weighted by atomic mass is 33.1. The topological polar surface area (TPSA) is 51.2 Å². The van der Waals surface area contributed by atoms with Gasteiger partial charge in [0, 0.05) is 18.5 Å². The zero-order chi connectivity index (χ0) is 17.1. The summed E-state index contributed by atoms with van der Waals surface area (Å²) in [6.07, 6.45) is 3.49. The number of ether oxygens (including phenoxy) is 1. The van der Waals surface area contributed by atoms with E-state index in [-0.39, 0.29) is 12.2 Å². The van der Waals surface area contributed by atoms with E-state index in [1.54, 1.807) is 27.8 Å². The SMILES string of the molecule is CCC(C)[C@@H](OC(=O)NCCSSc1ccccn1)[C@@H](C)CC. The first-order chi connectivity index (χ1) is 11.1. The Balaban J connectivity index is 2.24. The van der Waals surface area contributed by atoms with Crippen LogP contribution in [0.15, 0.2) is 29.4 Å². The average molecular weight is 357 g/mol. The normalized spacial score (nSPS) is 14.8. The van der Waals surface area contributed by atoms with Crippen molar-refractivity contribution in [2.24, 2.45) is 11.8 Å². The summed E-state index contributed by atoms with van der Waals surface area (Å²) in [6, 6.07) is 5.84. The van der Waals surface area contributed by atoms with E-state index in [4.69, 9.17) is 4.74 Å². The number of rotatable bonds is 10. The average Bonchev–Trinajstić information content (AvgIpc) is 2.59. The van der Waals surface area contributed by atoms with Crippen molar-refractivity contribution in [3.05, 3.63) is 24.4 Å². The molecule has 23 heavy (non-hydrogen) atoms. The molecule has 0 fully saturated rings. The molecule has 1 aromatic heterocycles. The van der Waals surface area contributed by atoms with Gasteiger partial charge in [-0.1, -0.05) is 57.4 Å². The van der Waals surface area contributed by atoms with Crippen molar-refractivity contribution in [2.45, 2.75) is 51.7 Å². The fourth-order valence-electron chi connectivity index (χ4n) is 2.12. The maximum absolute atomic E-state index is 12.0. The van der Waals surface area contributed by atoms with Crippen LogP contribution in [0, 0.1) is 11.8 Å². The zero-order valence-electron chi connectivity index (χ0n) is 14.5. The number of nitrogens with one attached hydrogen (secondary N) is 1. The zero-order valence-corrected chi connectivity index (χ0v) is 16.1. The molecule has 1 unspecified atom stereocenters. The van der Waals surface area contributed by atoms with Gasteiger partial charge in [-0.3, -0.25) is 0 Å². The molecule has 0 aliphatic rings.